The molecule has 1 aliphatic rings. The second-order valence-corrected chi connectivity index (χ2v) is 5.40. The van der Waals surface area contributed by atoms with E-state index < -0.39 is 5.97 Å². The summed E-state index contributed by atoms with van der Waals surface area (Å²) < 4.78 is 0. The van der Waals surface area contributed by atoms with Crippen LogP contribution in [-0.2, 0) is 0 Å². The lowest BCUT2D eigenvalue weighted by Crippen LogP contribution is -2.26. The molecule has 0 radical (unpaired) electrons. The number of carboxylic acids is 1. The summed E-state index contributed by atoms with van der Waals surface area (Å²) in [6.45, 7) is 0. The van der Waals surface area contributed by atoms with Crippen molar-refractivity contribution in [2.24, 2.45) is 0 Å². The first-order chi connectivity index (χ1) is 7.27. The number of hydrogen-bond donors (Lipinski definition) is 2. The Morgan fingerprint density at radius 1 is 1.67 bits per heavy atom. The van der Waals surface area contributed by atoms with Crippen LogP contribution in [-0.4, -0.2) is 33.6 Å². The zero-order chi connectivity index (χ0) is 10.7. The van der Waals surface area contributed by atoms with Crippen molar-refractivity contribution in [3.8, 4) is 0 Å². The van der Waals surface area contributed by atoms with Gasteiger partial charge >= 0.3 is 5.97 Å². The Bertz CT molecular complexity index is 348. The highest BCUT2D eigenvalue weighted by atomic mass is 32.2. The van der Waals surface area contributed by atoms with Crippen LogP contribution < -0.4 is 5.32 Å². The number of aromatic carboxylic acids is 1. The van der Waals surface area contributed by atoms with E-state index in [2.05, 4.69) is 10.3 Å². The van der Waals surface area contributed by atoms with Gasteiger partial charge in [-0.25, -0.2) is 9.78 Å². The fourth-order valence-corrected chi connectivity index (χ4v) is 3.36. The molecule has 0 amide bonds. The van der Waals surface area contributed by atoms with Gasteiger partial charge in [-0.05, 0) is 18.6 Å². The number of anilines is 1. The smallest absolute Gasteiger partial charge is 0.357 e. The number of rotatable bonds is 3. The second-order valence-electron chi connectivity index (χ2n) is 3.39. The number of nitrogens with one attached hydrogen (secondary N) is 1. The summed E-state index contributed by atoms with van der Waals surface area (Å²) in [6.07, 6.45) is 2.31. The van der Waals surface area contributed by atoms with Gasteiger partial charge in [0.1, 0.15) is 5.00 Å². The predicted octanol–water partition coefficient (Wildman–Crippen LogP) is 2.15. The molecule has 4 nitrogen and oxygen atoms in total. The highest BCUT2D eigenvalue weighted by molar-refractivity contribution is 7.99. The first-order valence-corrected chi connectivity index (χ1v) is 6.82. The van der Waals surface area contributed by atoms with Crippen molar-refractivity contribution >= 4 is 34.1 Å². The van der Waals surface area contributed by atoms with E-state index in [1.54, 1.807) is 5.51 Å². The lowest BCUT2D eigenvalue weighted by molar-refractivity contribution is 0.0692. The van der Waals surface area contributed by atoms with Crippen LogP contribution in [0.4, 0.5) is 5.00 Å². The van der Waals surface area contributed by atoms with E-state index in [-0.39, 0.29) is 5.69 Å². The molecule has 0 bridgehead atoms. The number of aromatic nitrogens is 1. The molecular weight excluding hydrogens is 232 g/mol. The Kier molecular flexibility index (Phi) is 3.48. The van der Waals surface area contributed by atoms with Crippen molar-refractivity contribution in [2.75, 3.05) is 16.8 Å². The summed E-state index contributed by atoms with van der Waals surface area (Å²) in [7, 11) is 0. The maximum Gasteiger partial charge on any atom is 0.357 e. The van der Waals surface area contributed by atoms with E-state index in [9.17, 15) is 4.79 Å². The van der Waals surface area contributed by atoms with Gasteiger partial charge in [-0.3, -0.25) is 0 Å². The molecule has 1 aromatic rings. The number of carboxylic acid groups (broad SMARTS) is 1. The third-order valence-corrected chi connectivity index (χ3v) is 4.24. The standard InChI is InChI=1S/C9H12N2O2S2/c12-9(13)7-8(15-5-10-7)11-6-2-1-3-14-4-6/h5-6,11H,1-4H2,(H,12,13). The Morgan fingerprint density at radius 3 is 3.20 bits per heavy atom. The molecule has 1 aliphatic heterocycles. The first-order valence-electron chi connectivity index (χ1n) is 4.78. The molecule has 2 N–H and O–H groups in total. The SMILES string of the molecule is O=C(O)c1ncsc1NC1CCCSC1. The number of nitrogens with zero attached hydrogens (tertiary/aromatic N) is 1. The van der Waals surface area contributed by atoms with Crippen LogP contribution >= 0.6 is 23.1 Å². The molecule has 0 aromatic carbocycles. The maximum atomic E-state index is 10.8. The molecule has 82 valence electrons. The van der Waals surface area contributed by atoms with Gasteiger partial charge in [-0.15, -0.1) is 11.3 Å². The van der Waals surface area contributed by atoms with Gasteiger partial charge in [0.2, 0.25) is 0 Å². The Hall–Kier alpha value is -0.750. The third-order valence-electron chi connectivity index (χ3n) is 2.27. The summed E-state index contributed by atoms with van der Waals surface area (Å²) in [5, 5.41) is 12.8. The van der Waals surface area contributed by atoms with Gasteiger partial charge in [0.15, 0.2) is 5.69 Å². The van der Waals surface area contributed by atoms with Crippen molar-refractivity contribution in [3.05, 3.63) is 11.2 Å². The van der Waals surface area contributed by atoms with Crippen molar-refractivity contribution in [3.63, 3.8) is 0 Å². The largest absolute Gasteiger partial charge is 0.476 e. The number of thiazole rings is 1. The van der Waals surface area contributed by atoms with Crippen LogP contribution in [0.2, 0.25) is 0 Å². The summed E-state index contributed by atoms with van der Waals surface area (Å²) in [5.41, 5.74) is 1.72. The van der Waals surface area contributed by atoms with Crippen LogP contribution in [0, 0.1) is 0 Å². The second kappa shape index (κ2) is 4.85. The molecule has 1 atom stereocenters. The fourth-order valence-electron chi connectivity index (χ4n) is 1.54. The summed E-state index contributed by atoms with van der Waals surface area (Å²) in [4.78, 5) is 14.7. The minimum Gasteiger partial charge on any atom is -0.476 e. The molecule has 2 heterocycles. The minimum absolute atomic E-state index is 0.149. The molecule has 0 saturated carbocycles. The monoisotopic (exact) mass is 244 g/mol. The van der Waals surface area contributed by atoms with E-state index in [0.29, 0.717) is 11.0 Å². The van der Waals surface area contributed by atoms with E-state index in [4.69, 9.17) is 5.11 Å². The Balaban J connectivity index is 2.03. The third kappa shape index (κ3) is 2.63. The van der Waals surface area contributed by atoms with E-state index in [1.807, 2.05) is 11.8 Å². The van der Waals surface area contributed by atoms with Gasteiger partial charge in [-0.1, -0.05) is 0 Å². The topological polar surface area (TPSA) is 62.2 Å². The zero-order valence-electron chi connectivity index (χ0n) is 8.10. The van der Waals surface area contributed by atoms with Crippen LogP contribution in [0.25, 0.3) is 0 Å². The predicted molar refractivity (Wildman–Crippen MR) is 63.0 cm³/mol. The van der Waals surface area contributed by atoms with E-state index in [0.717, 1.165) is 12.2 Å². The van der Waals surface area contributed by atoms with Gasteiger partial charge in [0.25, 0.3) is 0 Å². The van der Waals surface area contributed by atoms with Crippen LogP contribution in [0.3, 0.4) is 0 Å². The normalized spacial score (nSPS) is 21.2. The molecule has 1 aromatic heterocycles. The number of thioether (sulfide) groups is 1. The molecule has 6 heteroatoms. The van der Waals surface area contributed by atoms with Crippen LogP contribution in [0.1, 0.15) is 23.3 Å². The van der Waals surface area contributed by atoms with Gasteiger partial charge in [0.05, 0.1) is 5.51 Å². The van der Waals surface area contributed by atoms with Crippen molar-refractivity contribution < 1.29 is 9.90 Å². The molecule has 0 aliphatic carbocycles. The zero-order valence-corrected chi connectivity index (χ0v) is 9.74. The first kappa shape index (κ1) is 10.8. The molecular formula is C9H12N2O2S2. The lowest BCUT2D eigenvalue weighted by Gasteiger charge is -2.22. The Morgan fingerprint density at radius 2 is 2.53 bits per heavy atom. The molecule has 1 fully saturated rings. The summed E-state index contributed by atoms with van der Waals surface area (Å²) >= 11 is 3.27. The molecule has 2 rings (SSSR count). The molecule has 1 saturated heterocycles. The molecule has 0 spiro atoms. The number of carbonyl (C=O) groups is 1. The summed E-state index contributed by atoms with van der Waals surface area (Å²) in [5.74, 6) is 1.31. The van der Waals surface area contributed by atoms with Crippen molar-refractivity contribution in [2.45, 2.75) is 18.9 Å². The van der Waals surface area contributed by atoms with Crippen LogP contribution in [0.5, 0.6) is 0 Å². The van der Waals surface area contributed by atoms with E-state index >= 15 is 0 Å². The fraction of sp³-hybridized carbons (Fsp3) is 0.556. The van der Waals surface area contributed by atoms with Gasteiger partial charge < -0.3 is 10.4 Å². The molecule has 1 unspecified atom stereocenters. The number of hydrogen-bond acceptors (Lipinski definition) is 5. The van der Waals surface area contributed by atoms with E-state index in [1.165, 1.54) is 23.5 Å². The quantitative estimate of drug-likeness (QED) is 0.853. The average Bonchev–Trinajstić information content (AvgIpc) is 2.67. The minimum atomic E-state index is -0.956. The maximum absolute atomic E-state index is 10.8. The highest BCUT2D eigenvalue weighted by Gasteiger charge is 2.18. The van der Waals surface area contributed by atoms with Crippen LogP contribution in [0.15, 0.2) is 5.51 Å². The van der Waals surface area contributed by atoms with Crippen molar-refractivity contribution in [1.29, 1.82) is 0 Å². The van der Waals surface area contributed by atoms with Gasteiger partial charge in [0, 0.05) is 11.8 Å². The highest BCUT2D eigenvalue weighted by Crippen LogP contribution is 2.25. The summed E-state index contributed by atoms with van der Waals surface area (Å²) in [6, 6.07) is 0.391. The van der Waals surface area contributed by atoms with Gasteiger partial charge in [-0.2, -0.15) is 11.8 Å². The average molecular weight is 244 g/mol. The Labute approximate surface area is 96.1 Å². The van der Waals surface area contributed by atoms with Crippen molar-refractivity contribution in [1.82, 2.24) is 4.98 Å². The molecule has 15 heavy (non-hydrogen) atoms. The lowest BCUT2D eigenvalue weighted by atomic mass is 10.2.